The monoisotopic (exact) mass is 255 g/mol. The largest absolute Gasteiger partial charge is 0.328 e. The van der Waals surface area contributed by atoms with Gasteiger partial charge in [0, 0.05) is 24.5 Å². The van der Waals surface area contributed by atoms with Gasteiger partial charge in [-0.3, -0.25) is 4.98 Å². The first-order valence-electron chi connectivity index (χ1n) is 5.76. The van der Waals surface area contributed by atoms with Gasteiger partial charge in [-0.2, -0.15) is 0 Å². The lowest BCUT2D eigenvalue weighted by atomic mass is 9.93. The fourth-order valence-electron chi connectivity index (χ4n) is 2.04. The van der Waals surface area contributed by atoms with Crippen LogP contribution in [0.4, 0.5) is 0 Å². The molecule has 0 radical (unpaired) electrons. The molecule has 1 aromatic rings. The summed E-state index contributed by atoms with van der Waals surface area (Å²) in [6, 6.07) is 3.22. The van der Waals surface area contributed by atoms with Crippen LogP contribution in [-0.4, -0.2) is 25.5 Å². The maximum absolute atomic E-state index is 12.0. The maximum atomic E-state index is 12.0. The molecule has 0 spiro atoms. The maximum Gasteiger partial charge on any atom is 0.240 e. The molecule has 0 aliphatic heterocycles. The molecule has 0 atom stereocenters. The second kappa shape index (κ2) is 5.12. The van der Waals surface area contributed by atoms with Crippen molar-refractivity contribution < 1.29 is 8.42 Å². The van der Waals surface area contributed by atoms with Crippen LogP contribution < -0.4 is 10.5 Å². The van der Waals surface area contributed by atoms with E-state index in [0.717, 1.165) is 25.7 Å². The number of nitrogens with zero attached hydrogens (tertiary/aromatic N) is 1. The molecule has 6 heteroatoms. The van der Waals surface area contributed by atoms with E-state index in [1.807, 2.05) is 0 Å². The molecular formula is C11H17N3O2S. The molecule has 0 bridgehead atoms. The minimum Gasteiger partial charge on any atom is -0.328 e. The number of nitrogens with two attached hydrogens (primary N) is 1. The SMILES string of the molecule is NC1CCC(NS(=O)(=O)c2ccncc2)CC1. The number of rotatable bonds is 3. The molecule has 1 fully saturated rings. The van der Waals surface area contributed by atoms with Gasteiger partial charge in [-0.1, -0.05) is 0 Å². The van der Waals surface area contributed by atoms with Crippen LogP contribution in [0.3, 0.4) is 0 Å². The van der Waals surface area contributed by atoms with Gasteiger partial charge in [0.05, 0.1) is 4.90 Å². The molecule has 1 heterocycles. The molecule has 3 N–H and O–H groups in total. The van der Waals surface area contributed by atoms with Crippen LogP contribution in [0.1, 0.15) is 25.7 Å². The third-order valence-electron chi connectivity index (χ3n) is 3.05. The van der Waals surface area contributed by atoms with E-state index in [4.69, 9.17) is 5.73 Å². The van der Waals surface area contributed by atoms with Gasteiger partial charge in [0.2, 0.25) is 10.0 Å². The topological polar surface area (TPSA) is 85.1 Å². The zero-order valence-electron chi connectivity index (χ0n) is 9.54. The Hall–Kier alpha value is -0.980. The van der Waals surface area contributed by atoms with E-state index in [9.17, 15) is 8.42 Å². The second-order valence-electron chi connectivity index (χ2n) is 4.42. The van der Waals surface area contributed by atoms with Crippen molar-refractivity contribution in [3.63, 3.8) is 0 Å². The summed E-state index contributed by atoms with van der Waals surface area (Å²) < 4.78 is 26.7. The predicted molar refractivity (Wildman–Crippen MR) is 64.8 cm³/mol. The van der Waals surface area contributed by atoms with Crippen molar-refractivity contribution >= 4 is 10.0 Å². The molecule has 1 saturated carbocycles. The van der Waals surface area contributed by atoms with Crippen LogP contribution >= 0.6 is 0 Å². The zero-order chi connectivity index (χ0) is 12.3. The summed E-state index contributed by atoms with van der Waals surface area (Å²) in [5.74, 6) is 0. The van der Waals surface area contributed by atoms with Crippen LogP contribution in [0, 0.1) is 0 Å². The number of hydrogen-bond acceptors (Lipinski definition) is 4. The third-order valence-corrected chi connectivity index (χ3v) is 4.59. The lowest BCUT2D eigenvalue weighted by Crippen LogP contribution is -2.40. The highest BCUT2D eigenvalue weighted by Gasteiger charge is 2.23. The molecule has 94 valence electrons. The molecule has 1 aliphatic carbocycles. The molecule has 1 aliphatic rings. The fraction of sp³-hybridized carbons (Fsp3) is 0.545. The lowest BCUT2D eigenvalue weighted by Gasteiger charge is -2.26. The molecule has 0 amide bonds. The van der Waals surface area contributed by atoms with Crippen molar-refractivity contribution in [1.82, 2.24) is 9.71 Å². The highest BCUT2D eigenvalue weighted by molar-refractivity contribution is 7.89. The van der Waals surface area contributed by atoms with E-state index in [1.165, 1.54) is 24.5 Å². The summed E-state index contributed by atoms with van der Waals surface area (Å²) in [7, 11) is -3.41. The minimum atomic E-state index is -3.41. The first-order chi connectivity index (χ1) is 8.08. The summed E-state index contributed by atoms with van der Waals surface area (Å²) in [4.78, 5) is 4.07. The Labute approximate surface area is 101 Å². The van der Waals surface area contributed by atoms with E-state index in [-0.39, 0.29) is 17.0 Å². The van der Waals surface area contributed by atoms with Crippen LogP contribution in [0.5, 0.6) is 0 Å². The Morgan fingerprint density at radius 3 is 2.35 bits per heavy atom. The van der Waals surface area contributed by atoms with Crippen LogP contribution in [0.15, 0.2) is 29.4 Å². The Morgan fingerprint density at radius 2 is 1.76 bits per heavy atom. The first kappa shape index (κ1) is 12.5. The molecule has 0 unspecified atom stereocenters. The van der Waals surface area contributed by atoms with Gasteiger partial charge >= 0.3 is 0 Å². The van der Waals surface area contributed by atoms with E-state index >= 15 is 0 Å². The average Bonchev–Trinajstić information content (AvgIpc) is 2.33. The number of nitrogens with one attached hydrogen (secondary N) is 1. The quantitative estimate of drug-likeness (QED) is 0.829. The molecule has 0 aromatic carbocycles. The number of sulfonamides is 1. The van der Waals surface area contributed by atoms with E-state index in [1.54, 1.807) is 0 Å². The third kappa shape index (κ3) is 3.24. The Bertz CT molecular complexity index is 453. The van der Waals surface area contributed by atoms with Gasteiger partial charge in [0.15, 0.2) is 0 Å². The molecule has 0 saturated heterocycles. The van der Waals surface area contributed by atoms with Gasteiger partial charge in [-0.25, -0.2) is 13.1 Å². The predicted octanol–water partition coefficient (Wildman–Crippen LogP) is 0.630. The summed E-state index contributed by atoms with van der Waals surface area (Å²) in [6.07, 6.45) is 6.33. The van der Waals surface area contributed by atoms with Crippen molar-refractivity contribution in [3.05, 3.63) is 24.5 Å². The number of hydrogen-bond donors (Lipinski definition) is 2. The Kier molecular flexibility index (Phi) is 3.76. The van der Waals surface area contributed by atoms with Gasteiger partial charge in [0.25, 0.3) is 0 Å². The minimum absolute atomic E-state index is 0.00738. The molecule has 1 aromatic heterocycles. The van der Waals surface area contributed by atoms with Crippen molar-refractivity contribution in [2.24, 2.45) is 5.73 Å². The Morgan fingerprint density at radius 1 is 1.18 bits per heavy atom. The molecule has 5 nitrogen and oxygen atoms in total. The summed E-state index contributed by atoms with van der Waals surface area (Å²) in [6.45, 7) is 0. The number of aromatic nitrogens is 1. The lowest BCUT2D eigenvalue weighted by molar-refractivity contribution is 0.373. The smallest absolute Gasteiger partial charge is 0.240 e. The normalized spacial score (nSPS) is 25.7. The van der Waals surface area contributed by atoms with Gasteiger partial charge in [0.1, 0.15) is 0 Å². The fourth-order valence-corrected chi connectivity index (χ4v) is 3.33. The van der Waals surface area contributed by atoms with Crippen molar-refractivity contribution in [3.8, 4) is 0 Å². The number of pyridine rings is 1. The van der Waals surface area contributed by atoms with Crippen molar-refractivity contribution in [2.45, 2.75) is 42.7 Å². The standard InChI is InChI=1S/C11H17N3O2S/c12-9-1-3-10(4-2-9)14-17(15,16)11-5-7-13-8-6-11/h5-10,14H,1-4,12H2. The van der Waals surface area contributed by atoms with Gasteiger partial charge < -0.3 is 5.73 Å². The van der Waals surface area contributed by atoms with E-state index in [0.29, 0.717) is 0 Å². The van der Waals surface area contributed by atoms with Gasteiger partial charge in [-0.05, 0) is 37.8 Å². The van der Waals surface area contributed by atoms with Crippen LogP contribution in [-0.2, 0) is 10.0 Å². The summed E-state index contributed by atoms with van der Waals surface area (Å²) in [5, 5.41) is 0. The first-order valence-corrected chi connectivity index (χ1v) is 7.24. The molecule has 17 heavy (non-hydrogen) atoms. The molecule has 2 rings (SSSR count). The highest BCUT2D eigenvalue weighted by Crippen LogP contribution is 2.19. The zero-order valence-corrected chi connectivity index (χ0v) is 10.4. The highest BCUT2D eigenvalue weighted by atomic mass is 32.2. The van der Waals surface area contributed by atoms with Crippen molar-refractivity contribution in [2.75, 3.05) is 0 Å². The van der Waals surface area contributed by atoms with Gasteiger partial charge in [-0.15, -0.1) is 0 Å². The summed E-state index contributed by atoms with van der Waals surface area (Å²) in [5.41, 5.74) is 5.79. The van der Waals surface area contributed by atoms with Crippen LogP contribution in [0.25, 0.3) is 0 Å². The average molecular weight is 255 g/mol. The van der Waals surface area contributed by atoms with E-state index < -0.39 is 10.0 Å². The van der Waals surface area contributed by atoms with E-state index in [2.05, 4.69) is 9.71 Å². The molecular weight excluding hydrogens is 238 g/mol. The Balaban J connectivity index is 2.03. The second-order valence-corrected chi connectivity index (χ2v) is 6.13. The van der Waals surface area contributed by atoms with Crippen molar-refractivity contribution in [1.29, 1.82) is 0 Å². The van der Waals surface area contributed by atoms with Crippen LogP contribution in [0.2, 0.25) is 0 Å². The summed E-state index contributed by atoms with van der Waals surface area (Å²) >= 11 is 0.